The molecule has 2 aromatic carbocycles. The molecule has 3 rings (SSSR count). The summed E-state index contributed by atoms with van der Waals surface area (Å²) in [6.45, 7) is 1.43. The van der Waals surface area contributed by atoms with Crippen molar-refractivity contribution in [2.75, 3.05) is 32.1 Å². The van der Waals surface area contributed by atoms with Crippen molar-refractivity contribution in [3.63, 3.8) is 0 Å². The average molecular weight is 313 g/mol. The molecule has 2 aromatic rings. The van der Waals surface area contributed by atoms with Crippen molar-refractivity contribution in [2.45, 2.75) is 6.42 Å². The summed E-state index contributed by atoms with van der Waals surface area (Å²) in [5, 5.41) is 0. The number of fused-ring (bicyclic) bond motifs is 2. The first-order chi connectivity index (χ1) is 11.0. The highest BCUT2D eigenvalue weighted by Gasteiger charge is 2.26. The van der Waals surface area contributed by atoms with E-state index in [9.17, 15) is 9.18 Å². The highest BCUT2D eigenvalue weighted by molar-refractivity contribution is 6.01. The van der Waals surface area contributed by atoms with Crippen LogP contribution < -0.4 is 10.6 Å². The van der Waals surface area contributed by atoms with Gasteiger partial charge >= 0.3 is 0 Å². The summed E-state index contributed by atoms with van der Waals surface area (Å²) in [4.78, 5) is 15.9. The summed E-state index contributed by atoms with van der Waals surface area (Å²) in [7, 11) is 3.97. The molecule has 120 valence electrons. The highest BCUT2D eigenvalue weighted by atomic mass is 19.1. The molecule has 0 saturated carbocycles. The summed E-state index contributed by atoms with van der Waals surface area (Å²) in [6, 6.07) is 10.4. The monoisotopic (exact) mass is 313 g/mol. The number of carbonyl (C=O) groups excluding carboxylic acids is 1. The number of amides is 1. The number of anilines is 2. The van der Waals surface area contributed by atoms with Crippen LogP contribution in [0.2, 0.25) is 0 Å². The number of hydrogen-bond donors (Lipinski definition) is 1. The SMILES string of the molecule is CN(C)CCN1c2cc(F)ccc2Cc2cccc(C(N)=O)c21. The molecule has 0 radical (unpaired) electrons. The van der Waals surface area contributed by atoms with E-state index in [1.54, 1.807) is 6.07 Å². The second-order valence-corrected chi connectivity index (χ2v) is 6.08. The molecule has 5 heteroatoms. The van der Waals surface area contributed by atoms with E-state index in [1.807, 2.05) is 37.2 Å². The van der Waals surface area contributed by atoms with Crippen LogP contribution in [0.5, 0.6) is 0 Å². The smallest absolute Gasteiger partial charge is 0.250 e. The Bertz CT molecular complexity index is 758. The molecule has 0 fully saturated rings. The van der Waals surface area contributed by atoms with Crippen molar-refractivity contribution < 1.29 is 9.18 Å². The molecule has 0 saturated heterocycles. The van der Waals surface area contributed by atoms with E-state index in [0.717, 1.165) is 29.0 Å². The minimum atomic E-state index is -0.462. The van der Waals surface area contributed by atoms with Crippen LogP contribution in [0.1, 0.15) is 21.5 Å². The quantitative estimate of drug-likeness (QED) is 0.943. The maximum Gasteiger partial charge on any atom is 0.250 e. The van der Waals surface area contributed by atoms with E-state index in [2.05, 4.69) is 4.90 Å². The summed E-state index contributed by atoms with van der Waals surface area (Å²) >= 11 is 0. The summed E-state index contributed by atoms with van der Waals surface area (Å²) in [5.74, 6) is -0.741. The number of benzene rings is 2. The highest BCUT2D eigenvalue weighted by Crippen LogP contribution is 2.40. The lowest BCUT2D eigenvalue weighted by atomic mass is 9.92. The molecule has 0 spiro atoms. The number of likely N-dealkylation sites (N-methyl/N-ethyl adjacent to an activating group) is 1. The van der Waals surface area contributed by atoms with Crippen molar-refractivity contribution in [3.05, 3.63) is 58.9 Å². The molecule has 1 aliphatic heterocycles. The topological polar surface area (TPSA) is 49.6 Å². The minimum absolute atomic E-state index is 0.279. The minimum Gasteiger partial charge on any atom is -0.366 e. The summed E-state index contributed by atoms with van der Waals surface area (Å²) < 4.78 is 13.8. The van der Waals surface area contributed by atoms with Gasteiger partial charge in [-0.25, -0.2) is 4.39 Å². The Labute approximate surface area is 135 Å². The fraction of sp³-hybridized carbons (Fsp3) is 0.278. The van der Waals surface area contributed by atoms with Crippen LogP contribution in [0.4, 0.5) is 15.8 Å². The van der Waals surface area contributed by atoms with Gasteiger partial charge in [-0.15, -0.1) is 0 Å². The normalized spacial score (nSPS) is 13.0. The van der Waals surface area contributed by atoms with Crippen LogP contribution in [-0.2, 0) is 6.42 Å². The first-order valence-corrected chi connectivity index (χ1v) is 7.60. The number of nitrogens with two attached hydrogens (primary N) is 1. The molecular formula is C18H20FN3O. The number of carbonyl (C=O) groups is 1. The molecule has 2 N–H and O–H groups in total. The summed E-state index contributed by atoms with van der Waals surface area (Å²) in [6.07, 6.45) is 0.671. The van der Waals surface area contributed by atoms with Gasteiger partial charge in [0, 0.05) is 25.2 Å². The van der Waals surface area contributed by atoms with Crippen molar-refractivity contribution in [2.24, 2.45) is 5.73 Å². The molecule has 0 aromatic heterocycles. The van der Waals surface area contributed by atoms with Crippen LogP contribution in [0.15, 0.2) is 36.4 Å². The van der Waals surface area contributed by atoms with Crippen LogP contribution in [0.3, 0.4) is 0 Å². The zero-order valence-electron chi connectivity index (χ0n) is 13.3. The first kappa shape index (κ1) is 15.5. The zero-order valence-corrected chi connectivity index (χ0v) is 13.3. The number of hydrogen-bond acceptors (Lipinski definition) is 3. The Morgan fingerprint density at radius 2 is 2.04 bits per heavy atom. The van der Waals surface area contributed by atoms with Crippen molar-refractivity contribution in [3.8, 4) is 0 Å². The van der Waals surface area contributed by atoms with Gasteiger partial charge in [0.25, 0.3) is 5.91 Å². The van der Waals surface area contributed by atoms with E-state index in [4.69, 9.17) is 5.73 Å². The van der Waals surface area contributed by atoms with Gasteiger partial charge < -0.3 is 15.5 Å². The first-order valence-electron chi connectivity index (χ1n) is 7.60. The van der Waals surface area contributed by atoms with Gasteiger partial charge in [0.15, 0.2) is 0 Å². The van der Waals surface area contributed by atoms with Gasteiger partial charge in [0.2, 0.25) is 0 Å². The number of primary amides is 1. The molecule has 1 aliphatic rings. The number of para-hydroxylation sites is 1. The molecule has 4 nitrogen and oxygen atoms in total. The largest absolute Gasteiger partial charge is 0.366 e. The predicted molar refractivity (Wildman–Crippen MR) is 89.7 cm³/mol. The van der Waals surface area contributed by atoms with E-state index < -0.39 is 5.91 Å². The fourth-order valence-corrected chi connectivity index (χ4v) is 3.05. The molecule has 1 heterocycles. The lowest BCUT2D eigenvalue weighted by Gasteiger charge is -2.35. The molecular weight excluding hydrogens is 293 g/mol. The third-order valence-corrected chi connectivity index (χ3v) is 4.14. The number of rotatable bonds is 4. The Kier molecular flexibility index (Phi) is 4.05. The van der Waals surface area contributed by atoms with E-state index in [-0.39, 0.29) is 5.82 Å². The lowest BCUT2D eigenvalue weighted by Crippen LogP contribution is -2.33. The van der Waals surface area contributed by atoms with Gasteiger partial charge in [-0.3, -0.25) is 4.79 Å². The lowest BCUT2D eigenvalue weighted by molar-refractivity contribution is 0.100. The standard InChI is InChI=1S/C18H20FN3O/c1-21(2)8-9-22-16-11-14(19)7-6-12(16)10-13-4-3-5-15(17(13)22)18(20)23/h3-7,11H,8-10H2,1-2H3,(H2,20,23). The molecule has 23 heavy (non-hydrogen) atoms. The van der Waals surface area contributed by atoms with Crippen LogP contribution in [-0.4, -0.2) is 38.0 Å². The van der Waals surface area contributed by atoms with Crippen LogP contribution in [0.25, 0.3) is 0 Å². The van der Waals surface area contributed by atoms with Gasteiger partial charge in [0.1, 0.15) is 5.82 Å². The molecule has 0 aliphatic carbocycles. The molecule has 0 unspecified atom stereocenters. The predicted octanol–water partition coefficient (Wildman–Crippen LogP) is 2.53. The Morgan fingerprint density at radius 3 is 2.74 bits per heavy atom. The van der Waals surface area contributed by atoms with Gasteiger partial charge in [0.05, 0.1) is 11.3 Å². The maximum absolute atomic E-state index is 13.8. The van der Waals surface area contributed by atoms with E-state index in [1.165, 1.54) is 12.1 Å². The Balaban J connectivity index is 2.15. The Morgan fingerprint density at radius 1 is 1.26 bits per heavy atom. The molecule has 1 amide bonds. The second kappa shape index (κ2) is 6.01. The fourth-order valence-electron chi connectivity index (χ4n) is 3.05. The summed E-state index contributed by atoms with van der Waals surface area (Å²) in [5.41, 5.74) is 9.75. The Hall–Kier alpha value is -2.40. The average Bonchev–Trinajstić information content (AvgIpc) is 2.50. The maximum atomic E-state index is 13.8. The molecule has 0 bridgehead atoms. The van der Waals surface area contributed by atoms with Crippen LogP contribution in [0, 0.1) is 5.82 Å². The van der Waals surface area contributed by atoms with Crippen LogP contribution >= 0.6 is 0 Å². The third-order valence-electron chi connectivity index (χ3n) is 4.14. The van der Waals surface area contributed by atoms with Crippen molar-refractivity contribution >= 4 is 17.3 Å². The third kappa shape index (κ3) is 2.92. The van der Waals surface area contributed by atoms with Crippen molar-refractivity contribution in [1.29, 1.82) is 0 Å². The van der Waals surface area contributed by atoms with E-state index >= 15 is 0 Å². The van der Waals surface area contributed by atoms with Gasteiger partial charge in [-0.05, 0) is 43.4 Å². The van der Waals surface area contributed by atoms with Gasteiger partial charge in [-0.1, -0.05) is 18.2 Å². The number of halogens is 1. The molecule has 0 atom stereocenters. The van der Waals surface area contributed by atoms with E-state index in [0.29, 0.717) is 18.5 Å². The van der Waals surface area contributed by atoms with Gasteiger partial charge in [-0.2, -0.15) is 0 Å². The van der Waals surface area contributed by atoms with Crippen molar-refractivity contribution in [1.82, 2.24) is 4.90 Å². The number of nitrogens with zero attached hydrogens (tertiary/aromatic N) is 2. The zero-order chi connectivity index (χ0) is 16.6. The second-order valence-electron chi connectivity index (χ2n) is 6.08.